The van der Waals surface area contributed by atoms with Gasteiger partial charge in [0.25, 0.3) is 0 Å². The molecule has 0 fully saturated rings. The molecule has 0 saturated carbocycles. The number of nitrogens with zero attached hydrogens (tertiary/aromatic N) is 1. The topological polar surface area (TPSA) is 69.4 Å². The van der Waals surface area contributed by atoms with Gasteiger partial charge in [0.2, 0.25) is 0 Å². The molecule has 1 atom stereocenters. The highest BCUT2D eigenvalue weighted by atomic mass is 32.2. The molecule has 0 aromatic heterocycles. The molecule has 2 N–H and O–H groups in total. The summed E-state index contributed by atoms with van der Waals surface area (Å²) >= 11 is 0. The Kier molecular flexibility index (Phi) is 5.83. The van der Waals surface area contributed by atoms with Gasteiger partial charge in [-0.25, -0.2) is 13.2 Å². The van der Waals surface area contributed by atoms with Crippen LogP contribution in [0.15, 0.2) is 60.3 Å². The van der Waals surface area contributed by atoms with Crippen molar-refractivity contribution in [1.29, 1.82) is 0 Å². The monoisotopic (exact) mass is 425 g/mol. The molecule has 1 aliphatic rings. The van der Waals surface area contributed by atoms with Crippen molar-refractivity contribution >= 4 is 15.7 Å². The van der Waals surface area contributed by atoms with Crippen LogP contribution in [0.4, 0.5) is 18.9 Å². The van der Waals surface area contributed by atoms with E-state index in [1.54, 1.807) is 24.4 Å². The molecular formula is C20H20F3N2O3S+. The maximum atomic E-state index is 13.9. The number of sulfonamides is 1. The van der Waals surface area contributed by atoms with Crippen molar-refractivity contribution in [2.45, 2.75) is 6.92 Å². The highest BCUT2D eigenvalue weighted by Gasteiger charge is 2.42. The van der Waals surface area contributed by atoms with Gasteiger partial charge in [0.15, 0.2) is 23.1 Å². The quantitative estimate of drug-likeness (QED) is 0.712. The van der Waals surface area contributed by atoms with Crippen molar-refractivity contribution < 1.29 is 26.3 Å². The van der Waals surface area contributed by atoms with Crippen molar-refractivity contribution in [2.24, 2.45) is 5.73 Å². The van der Waals surface area contributed by atoms with Gasteiger partial charge in [-0.15, -0.1) is 0 Å². The number of hydrogen-bond donors (Lipinski definition) is 1. The third-order valence-electron chi connectivity index (χ3n) is 4.62. The minimum atomic E-state index is -3.69. The third kappa shape index (κ3) is 3.93. The SMILES string of the molecule is CCS(=O)(=O)[N+]1(c2cccc(Oc3c(F)cc(F)cc3F)c2)C=C(CN)C=CC1. The Morgan fingerprint density at radius 3 is 2.45 bits per heavy atom. The first kappa shape index (κ1) is 21.1. The Morgan fingerprint density at radius 2 is 1.83 bits per heavy atom. The first-order valence-corrected chi connectivity index (χ1v) is 10.5. The smallest absolute Gasteiger partial charge is 0.306 e. The van der Waals surface area contributed by atoms with Crippen molar-refractivity contribution in [3.05, 3.63) is 77.8 Å². The Bertz CT molecular complexity index is 1080. The molecule has 0 bridgehead atoms. The molecule has 0 aliphatic carbocycles. The van der Waals surface area contributed by atoms with E-state index in [1.165, 1.54) is 25.1 Å². The molecule has 0 spiro atoms. The van der Waals surface area contributed by atoms with Crippen molar-refractivity contribution in [2.75, 3.05) is 18.8 Å². The molecule has 1 aliphatic heterocycles. The summed E-state index contributed by atoms with van der Waals surface area (Å²) in [5.41, 5.74) is 6.66. The second-order valence-electron chi connectivity index (χ2n) is 6.46. The lowest BCUT2D eigenvalue weighted by Crippen LogP contribution is -2.51. The summed E-state index contributed by atoms with van der Waals surface area (Å²) in [6.45, 7) is 1.81. The molecule has 0 amide bonds. The Balaban J connectivity index is 2.10. The van der Waals surface area contributed by atoms with Crippen molar-refractivity contribution in [3.8, 4) is 11.5 Å². The normalized spacial score (nSPS) is 19.1. The number of quaternary nitrogens is 1. The van der Waals surface area contributed by atoms with Gasteiger partial charge in [0.1, 0.15) is 24.3 Å². The lowest BCUT2D eigenvalue weighted by atomic mass is 10.2. The Hall–Kier alpha value is -2.62. The van der Waals surface area contributed by atoms with E-state index < -0.39 is 37.1 Å². The Labute approximate surface area is 167 Å². The van der Waals surface area contributed by atoms with Gasteiger partial charge in [-0.05, 0) is 19.1 Å². The Morgan fingerprint density at radius 1 is 1.14 bits per heavy atom. The maximum Gasteiger partial charge on any atom is 0.306 e. The molecule has 2 aromatic carbocycles. The highest BCUT2D eigenvalue weighted by Crippen LogP contribution is 2.36. The second-order valence-corrected chi connectivity index (χ2v) is 8.85. The molecule has 1 heterocycles. The van der Waals surface area contributed by atoms with Crippen LogP contribution in [0.2, 0.25) is 0 Å². The number of halogens is 3. The van der Waals surface area contributed by atoms with Gasteiger partial charge in [0, 0.05) is 36.4 Å². The summed E-state index contributed by atoms with van der Waals surface area (Å²) in [5, 5.41) is 0. The third-order valence-corrected chi connectivity index (χ3v) is 6.81. The zero-order valence-electron chi connectivity index (χ0n) is 15.6. The minimum absolute atomic E-state index is 0.00737. The number of nitrogens with two attached hydrogens (primary N) is 1. The lowest BCUT2D eigenvalue weighted by molar-refractivity contribution is 0.400. The largest absolute Gasteiger partial charge is 0.451 e. The fourth-order valence-corrected chi connectivity index (χ4v) is 4.64. The summed E-state index contributed by atoms with van der Waals surface area (Å²) in [6, 6.07) is 6.92. The summed E-state index contributed by atoms with van der Waals surface area (Å²) in [5.74, 6) is -4.38. The van der Waals surface area contributed by atoms with Crippen LogP contribution in [-0.2, 0) is 10.0 Å². The number of benzene rings is 2. The number of ether oxygens (including phenoxy) is 1. The van der Waals surface area contributed by atoms with Crippen LogP contribution in [0, 0.1) is 17.5 Å². The van der Waals surface area contributed by atoms with Gasteiger partial charge < -0.3 is 10.5 Å². The summed E-state index contributed by atoms with van der Waals surface area (Å²) in [6.07, 6.45) is 5.02. The maximum absolute atomic E-state index is 13.9. The lowest BCUT2D eigenvalue weighted by Gasteiger charge is -2.34. The molecular weight excluding hydrogens is 405 g/mol. The molecule has 29 heavy (non-hydrogen) atoms. The van der Waals surface area contributed by atoms with E-state index in [0.29, 0.717) is 23.4 Å². The molecule has 5 nitrogen and oxygen atoms in total. The fourth-order valence-electron chi connectivity index (χ4n) is 3.14. The van der Waals surface area contributed by atoms with E-state index >= 15 is 0 Å². The summed E-state index contributed by atoms with van der Waals surface area (Å²) < 4.78 is 71.7. The average Bonchev–Trinajstić information content (AvgIpc) is 2.70. The van der Waals surface area contributed by atoms with E-state index in [-0.39, 0.29) is 24.6 Å². The molecule has 0 radical (unpaired) electrons. The van der Waals surface area contributed by atoms with E-state index in [4.69, 9.17) is 10.5 Å². The van der Waals surface area contributed by atoms with Gasteiger partial charge in [-0.2, -0.15) is 12.3 Å². The van der Waals surface area contributed by atoms with E-state index in [2.05, 4.69) is 0 Å². The van der Waals surface area contributed by atoms with Crippen molar-refractivity contribution in [1.82, 2.24) is 3.89 Å². The van der Waals surface area contributed by atoms with E-state index in [1.807, 2.05) is 0 Å². The van der Waals surface area contributed by atoms with E-state index in [0.717, 1.165) is 0 Å². The van der Waals surface area contributed by atoms with Crippen LogP contribution in [0.25, 0.3) is 0 Å². The van der Waals surface area contributed by atoms with E-state index in [9.17, 15) is 21.6 Å². The van der Waals surface area contributed by atoms with Crippen LogP contribution in [-0.4, -0.2) is 27.3 Å². The molecule has 9 heteroatoms. The number of rotatable bonds is 6. The first-order valence-electron chi connectivity index (χ1n) is 8.84. The minimum Gasteiger partial charge on any atom is -0.451 e. The van der Waals surface area contributed by atoms with Crippen LogP contribution in [0.5, 0.6) is 11.5 Å². The van der Waals surface area contributed by atoms with Gasteiger partial charge in [-0.3, -0.25) is 0 Å². The molecule has 2 aromatic rings. The zero-order chi connectivity index (χ0) is 21.2. The van der Waals surface area contributed by atoms with Gasteiger partial charge in [0.05, 0.1) is 5.75 Å². The van der Waals surface area contributed by atoms with Gasteiger partial charge in [-0.1, -0.05) is 12.1 Å². The highest BCUT2D eigenvalue weighted by molar-refractivity contribution is 7.91. The van der Waals surface area contributed by atoms with Crippen LogP contribution in [0.1, 0.15) is 6.92 Å². The standard InChI is InChI=1S/C20H20F3N2O3S/c1-2-29(26,27)25(8-4-5-14(12-24)13-25)16-6-3-7-17(11-16)28-20-18(22)9-15(21)10-19(20)23/h3-7,9-11,13H,2,8,12,24H2,1H3/q+1. The molecule has 1 unspecified atom stereocenters. The summed E-state index contributed by atoms with van der Waals surface area (Å²) in [4.78, 5) is 0. The molecule has 154 valence electrons. The average molecular weight is 425 g/mol. The fraction of sp³-hybridized carbons (Fsp3) is 0.200. The van der Waals surface area contributed by atoms with Crippen LogP contribution >= 0.6 is 0 Å². The van der Waals surface area contributed by atoms with Crippen molar-refractivity contribution in [3.63, 3.8) is 0 Å². The molecule has 3 rings (SSSR count). The summed E-state index contributed by atoms with van der Waals surface area (Å²) in [7, 11) is -3.69. The second kappa shape index (κ2) is 8.02. The zero-order valence-corrected chi connectivity index (χ0v) is 16.4. The predicted molar refractivity (Wildman–Crippen MR) is 105 cm³/mol. The van der Waals surface area contributed by atoms with Crippen LogP contribution < -0.4 is 14.4 Å². The first-order chi connectivity index (χ1) is 13.7. The number of hydrogen-bond acceptors (Lipinski definition) is 4. The van der Waals surface area contributed by atoms with Crippen LogP contribution in [0.3, 0.4) is 0 Å². The molecule has 0 saturated heterocycles. The predicted octanol–water partition coefficient (Wildman–Crippen LogP) is 3.97. The van der Waals surface area contributed by atoms with Gasteiger partial charge >= 0.3 is 10.0 Å².